The van der Waals surface area contributed by atoms with Crippen molar-refractivity contribution >= 4 is 0 Å². The van der Waals surface area contributed by atoms with Gasteiger partial charge in [0, 0.05) is 19.9 Å². The minimum absolute atomic E-state index is 0.301. The van der Waals surface area contributed by atoms with E-state index in [9.17, 15) is 0 Å². The molecule has 0 saturated heterocycles. The van der Waals surface area contributed by atoms with Crippen molar-refractivity contribution in [3.63, 3.8) is 0 Å². The fraction of sp³-hybridized carbons (Fsp3) is 0.615. The first kappa shape index (κ1) is 13.1. The van der Waals surface area contributed by atoms with Gasteiger partial charge in [-0.2, -0.15) is 0 Å². The lowest BCUT2D eigenvalue weighted by Crippen LogP contribution is -2.25. The van der Waals surface area contributed by atoms with Crippen LogP contribution in [-0.4, -0.2) is 25.7 Å². The molecule has 0 amide bonds. The first-order chi connectivity index (χ1) is 7.69. The number of hydrogen-bond donors (Lipinski definition) is 1. The van der Waals surface area contributed by atoms with E-state index in [-0.39, 0.29) is 0 Å². The minimum Gasteiger partial charge on any atom is -0.385 e. The van der Waals surface area contributed by atoms with Gasteiger partial charge in [0.1, 0.15) is 0 Å². The molecule has 0 fully saturated rings. The summed E-state index contributed by atoms with van der Waals surface area (Å²) in [7, 11) is 3.73. The van der Waals surface area contributed by atoms with Crippen LogP contribution in [0, 0.1) is 12.8 Å². The van der Waals surface area contributed by atoms with E-state index < -0.39 is 0 Å². The number of hydrogen-bond acceptors (Lipinski definition) is 3. The number of rotatable bonds is 6. The zero-order chi connectivity index (χ0) is 12.0. The van der Waals surface area contributed by atoms with Crippen molar-refractivity contribution in [2.45, 2.75) is 26.3 Å². The highest BCUT2D eigenvalue weighted by Crippen LogP contribution is 2.22. The van der Waals surface area contributed by atoms with E-state index in [0.29, 0.717) is 12.0 Å². The lowest BCUT2D eigenvalue weighted by molar-refractivity contribution is 0.171. The molecule has 16 heavy (non-hydrogen) atoms. The molecule has 3 heteroatoms. The number of methoxy groups -OCH3 is 1. The van der Waals surface area contributed by atoms with E-state index in [1.54, 1.807) is 7.11 Å². The largest absolute Gasteiger partial charge is 0.385 e. The number of nitrogens with one attached hydrogen (secondary N) is 1. The summed E-state index contributed by atoms with van der Waals surface area (Å²) in [5.41, 5.74) is 2.37. The van der Waals surface area contributed by atoms with Crippen LogP contribution in [0.4, 0.5) is 0 Å². The first-order valence-corrected chi connectivity index (χ1v) is 5.77. The van der Waals surface area contributed by atoms with E-state index in [1.807, 2.05) is 19.3 Å². The maximum Gasteiger partial charge on any atom is 0.0578 e. The van der Waals surface area contributed by atoms with E-state index in [2.05, 4.69) is 30.2 Å². The molecule has 2 atom stereocenters. The Bertz CT molecular complexity index is 315. The molecule has 90 valence electrons. The molecule has 0 spiro atoms. The van der Waals surface area contributed by atoms with Gasteiger partial charge in [-0.05, 0) is 44.0 Å². The molecule has 0 aromatic carbocycles. The Morgan fingerprint density at radius 3 is 2.81 bits per heavy atom. The molecule has 3 nitrogen and oxygen atoms in total. The molecule has 0 aliphatic heterocycles. The summed E-state index contributed by atoms with van der Waals surface area (Å²) in [5.74, 6) is 0.513. The van der Waals surface area contributed by atoms with E-state index in [0.717, 1.165) is 18.7 Å². The van der Waals surface area contributed by atoms with Crippen LogP contribution in [0.2, 0.25) is 0 Å². The lowest BCUT2D eigenvalue weighted by Gasteiger charge is -2.23. The average Bonchev–Trinajstić information content (AvgIpc) is 2.27. The monoisotopic (exact) mass is 222 g/mol. The summed E-state index contributed by atoms with van der Waals surface area (Å²) in [6.07, 6.45) is 2.91. The summed E-state index contributed by atoms with van der Waals surface area (Å²) in [6.45, 7) is 5.12. The van der Waals surface area contributed by atoms with Crippen LogP contribution in [0.3, 0.4) is 0 Å². The molecule has 2 unspecified atom stereocenters. The van der Waals surface area contributed by atoms with Crippen molar-refractivity contribution in [3.05, 3.63) is 29.6 Å². The number of aryl methyl sites for hydroxylation is 1. The fourth-order valence-electron chi connectivity index (χ4n) is 1.92. The molecule has 1 heterocycles. The third kappa shape index (κ3) is 3.58. The maximum absolute atomic E-state index is 5.12. The maximum atomic E-state index is 5.12. The quantitative estimate of drug-likeness (QED) is 0.802. The van der Waals surface area contributed by atoms with Crippen LogP contribution in [0.5, 0.6) is 0 Å². The Hall–Kier alpha value is -0.930. The molecular formula is C13H22N2O. The molecule has 1 aromatic heterocycles. The SMILES string of the molecule is CNC(c1cc(C)ccn1)C(C)CCOC. The van der Waals surface area contributed by atoms with Crippen molar-refractivity contribution in [3.8, 4) is 0 Å². The van der Waals surface area contributed by atoms with Gasteiger partial charge in [0.15, 0.2) is 0 Å². The zero-order valence-electron chi connectivity index (χ0n) is 10.7. The van der Waals surface area contributed by atoms with Crippen molar-refractivity contribution in [2.24, 2.45) is 5.92 Å². The predicted octanol–water partition coefficient (Wildman–Crippen LogP) is 2.32. The summed E-state index contributed by atoms with van der Waals surface area (Å²) in [4.78, 5) is 4.44. The third-order valence-corrected chi connectivity index (χ3v) is 2.91. The topological polar surface area (TPSA) is 34.2 Å². The molecule has 0 radical (unpaired) electrons. The average molecular weight is 222 g/mol. The summed E-state index contributed by atoms with van der Waals surface area (Å²) in [6, 6.07) is 4.47. The highest BCUT2D eigenvalue weighted by atomic mass is 16.5. The standard InChI is InChI=1S/C13H22N2O/c1-10-5-7-15-12(9-10)13(14-3)11(2)6-8-16-4/h5,7,9,11,13-14H,6,8H2,1-4H3. The van der Waals surface area contributed by atoms with Gasteiger partial charge in [-0.15, -0.1) is 0 Å². The first-order valence-electron chi connectivity index (χ1n) is 5.77. The summed E-state index contributed by atoms with van der Waals surface area (Å²) >= 11 is 0. The van der Waals surface area contributed by atoms with Gasteiger partial charge in [-0.1, -0.05) is 6.92 Å². The zero-order valence-corrected chi connectivity index (χ0v) is 10.7. The van der Waals surface area contributed by atoms with Crippen LogP contribution < -0.4 is 5.32 Å². The molecule has 1 aromatic rings. The van der Waals surface area contributed by atoms with Crippen LogP contribution in [0.15, 0.2) is 18.3 Å². The Kier molecular flexibility index (Phi) is 5.43. The Labute approximate surface area is 98.2 Å². The van der Waals surface area contributed by atoms with Crippen LogP contribution in [0.25, 0.3) is 0 Å². The predicted molar refractivity (Wildman–Crippen MR) is 66.4 cm³/mol. The van der Waals surface area contributed by atoms with E-state index in [1.165, 1.54) is 5.56 Å². The second kappa shape index (κ2) is 6.61. The van der Waals surface area contributed by atoms with Gasteiger partial charge in [-0.3, -0.25) is 4.98 Å². The van der Waals surface area contributed by atoms with Gasteiger partial charge < -0.3 is 10.1 Å². The van der Waals surface area contributed by atoms with Gasteiger partial charge in [-0.25, -0.2) is 0 Å². The third-order valence-electron chi connectivity index (χ3n) is 2.91. The van der Waals surface area contributed by atoms with Gasteiger partial charge in [0.05, 0.1) is 11.7 Å². The van der Waals surface area contributed by atoms with Crippen LogP contribution in [-0.2, 0) is 4.74 Å². The number of pyridine rings is 1. The molecule has 0 aliphatic carbocycles. The van der Waals surface area contributed by atoms with Crippen molar-refractivity contribution in [1.82, 2.24) is 10.3 Å². The van der Waals surface area contributed by atoms with E-state index >= 15 is 0 Å². The molecule has 1 N–H and O–H groups in total. The number of aromatic nitrogens is 1. The smallest absolute Gasteiger partial charge is 0.0578 e. The lowest BCUT2D eigenvalue weighted by atomic mass is 9.95. The second-order valence-electron chi connectivity index (χ2n) is 4.28. The van der Waals surface area contributed by atoms with Crippen LogP contribution in [0.1, 0.15) is 30.6 Å². The Morgan fingerprint density at radius 1 is 1.50 bits per heavy atom. The molecule has 1 rings (SSSR count). The van der Waals surface area contributed by atoms with Crippen molar-refractivity contribution in [1.29, 1.82) is 0 Å². The minimum atomic E-state index is 0.301. The van der Waals surface area contributed by atoms with Crippen LogP contribution >= 0.6 is 0 Å². The molecule has 0 bridgehead atoms. The van der Waals surface area contributed by atoms with Crippen molar-refractivity contribution < 1.29 is 4.74 Å². The number of nitrogens with zero attached hydrogens (tertiary/aromatic N) is 1. The van der Waals surface area contributed by atoms with Gasteiger partial charge in [0.25, 0.3) is 0 Å². The summed E-state index contributed by atoms with van der Waals surface area (Å²) < 4.78 is 5.12. The summed E-state index contributed by atoms with van der Waals surface area (Å²) in [5, 5.41) is 3.34. The number of ether oxygens (including phenoxy) is 1. The molecular weight excluding hydrogens is 200 g/mol. The van der Waals surface area contributed by atoms with Crippen molar-refractivity contribution in [2.75, 3.05) is 20.8 Å². The highest BCUT2D eigenvalue weighted by molar-refractivity contribution is 5.17. The Morgan fingerprint density at radius 2 is 2.25 bits per heavy atom. The highest BCUT2D eigenvalue weighted by Gasteiger charge is 2.18. The normalized spacial score (nSPS) is 14.8. The molecule has 0 aliphatic rings. The molecule has 0 saturated carbocycles. The fourth-order valence-corrected chi connectivity index (χ4v) is 1.92. The van der Waals surface area contributed by atoms with E-state index in [4.69, 9.17) is 4.74 Å². The Balaban J connectivity index is 2.73. The van der Waals surface area contributed by atoms with Gasteiger partial charge >= 0.3 is 0 Å². The van der Waals surface area contributed by atoms with Gasteiger partial charge in [0.2, 0.25) is 0 Å². The second-order valence-corrected chi connectivity index (χ2v) is 4.28.